The van der Waals surface area contributed by atoms with Gasteiger partial charge in [-0.15, -0.1) is 0 Å². The normalized spacial score (nSPS) is 13.7. The van der Waals surface area contributed by atoms with Crippen molar-refractivity contribution in [3.63, 3.8) is 0 Å². The maximum atomic E-state index is 13.0. The number of halogens is 1. The molecule has 1 aromatic carbocycles. The Balaban J connectivity index is 1.73. The van der Waals surface area contributed by atoms with E-state index in [2.05, 4.69) is 25.9 Å². The van der Waals surface area contributed by atoms with Gasteiger partial charge in [-0.2, -0.15) is 0 Å². The number of aromatic nitrogens is 2. The number of rotatable bonds is 4. The number of carbonyl (C=O) groups excluding carboxylic acids is 1. The molecule has 1 amide bonds. The van der Waals surface area contributed by atoms with Gasteiger partial charge >= 0.3 is 0 Å². The Morgan fingerprint density at radius 3 is 3.00 bits per heavy atom. The van der Waals surface area contributed by atoms with Gasteiger partial charge in [-0.1, -0.05) is 33.3 Å². The fraction of sp³-hybridized carbons (Fsp3) is 0.167. The van der Waals surface area contributed by atoms with Gasteiger partial charge in [-0.3, -0.25) is 14.7 Å². The zero-order chi connectivity index (χ0) is 17.9. The third-order valence-corrected chi connectivity index (χ3v) is 5.27. The molecule has 0 bridgehead atoms. The molecule has 26 heavy (non-hydrogen) atoms. The third-order valence-electron chi connectivity index (χ3n) is 3.74. The standard InChI is InChI=1S/C18H14BrN3O3S/c19-13-3-4-14-16(8-13)26-18(21-14)22(10-12-2-1-5-20-9-12)17(23)15-11-24-6-7-25-15/h1-5,8-9,11H,6-7,10H2. The Kier molecular flexibility index (Phi) is 4.85. The molecule has 2 aromatic heterocycles. The lowest BCUT2D eigenvalue weighted by molar-refractivity contribution is -0.119. The van der Waals surface area contributed by atoms with Gasteiger partial charge in [-0.25, -0.2) is 4.98 Å². The molecule has 1 aliphatic rings. The van der Waals surface area contributed by atoms with Crippen molar-refractivity contribution in [2.45, 2.75) is 6.54 Å². The van der Waals surface area contributed by atoms with Crippen LogP contribution in [0.1, 0.15) is 5.56 Å². The van der Waals surface area contributed by atoms with Crippen molar-refractivity contribution in [2.75, 3.05) is 18.1 Å². The number of carbonyl (C=O) groups is 1. The molecule has 3 heterocycles. The summed E-state index contributed by atoms with van der Waals surface area (Å²) in [4.78, 5) is 23.4. The van der Waals surface area contributed by atoms with Gasteiger partial charge < -0.3 is 9.47 Å². The van der Waals surface area contributed by atoms with Crippen LogP contribution in [-0.2, 0) is 20.8 Å². The molecule has 6 nitrogen and oxygen atoms in total. The lowest BCUT2D eigenvalue weighted by Crippen LogP contribution is -2.33. The van der Waals surface area contributed by atoms with Gasteiger partial charge in [0.25, 0.3) is 5.91 Å². The van der Waals surface area contributed by atoms with Gasteiger partial charge in [-0.05, 0) is 29.8 Å². The summed E-state index contributed by atoms with van der Waals surface area (Å²) >= 11 is 4.92. The summed E-state index contributed by atoms with van der Waals surface area (Å²) in [5, 5.41) is 0.599. The molecule has 0 radical (unpaired) electrons. The Hall–Kier alpha value is -2.45. The van der Waals surface area contributed by atoms with E-state index in [9.17, 15) is 4.79 Å². The number of hydrogen-bond donors (Lipinski definition) is 0. The average molecular weight is 432 g/mol. The smallest absolute Gasteiger partial charge is 0.298 e. The van der Waals surface area contributed by atoms with Gasteiger partial charge in [0.15, 0.2) is 5.13 Å². The minimum atomic E-state index is -0.285. The Morgan fingerprint density at radius 2 is 2.23 bits per heavy atom. The SMILES string of the molecule is O=C(C1=COCCO1)N(Cc1cccnc1)c1nc2ccc(Br)cc2s1. The minimum Gasteiger partial charge on any atom is -0.494 e. The highest BCUT2D eigenvalue weighted by Gasteiger charge is 2.26. The number of amides is 1. The van der Waals surface area contributed by atoms with E-state index < -0.39 is 0 Å². The first-order valence-electron chi connectivity index (χ1n) is 7.92. The van der Waals surface area contributed by atoms with Crippen LogP contribution < -0.4 is 4.90 Å². The van der Waals surface area contributed by atoms with E-state index in [-0.39, 0.29) is 11.7 Å². The Labute approximate surface area is 162 Å². The summed E-state index contributed by atoms with van der Waals surface area (Å²) in [5.41, 5.74) is 1.74. The number of fused-ring (bicyclic) bond motifs is 1. The average Bonchev–Trinajstić information content (AvgIpc) is 3.10. The van der Waals surface area contributed by atoms with Crippen molar-refractivity contribution in [3.8, 4) is 0 Å². The zero-order valence-electron chi connectivity index (χ0n) is 13.6. The second-order valence-electron chi connectivity index (χ2n) is 5.56. The van der Waals surface area contributed by atoms with Crippen LogP contribution in [0, 0.1) is 0 Å². The van der Waals surface area contributed by atoms with Crippen molar-refractivity contribution in [3.05, 3.63) is 64.8 Å². The molecule has 0 unspecified atom stereocenters. The van der Waals surface area contributed by atoms with E-state index in [0.717, 1.165) is 20.3 Å². The van der Waals surface area contributed by atoms with Crippen molar-refractivity contribution < 1.29 is 14.3 Å². The summed E-state index contributed by atoms with van der Waals surface area (Å²) in [7, 11) is 0. The van der Waals surface area contributed by atoms with Crippen molar-refractivity contribution in [1.82, 2.24) is 9.97 Å². The first-order chi connectivity index (χ1) is 12.7. The van der Waals surface area contributed by atoms with E-state index in [1.54, 1.807) is 17.3 Å². The van der Waals surface area contributed by atoms with Crippen LogP contribution in [0.2, 0.25) is 0 Å². The van der Waals surface area contributed by atoms with E-state index in [1.165, 1.54) is 17.6 Å². The van der Waals surface area contributed by atoms with Gasteiger partial charge in [0, 0.05) is 16.9 Å². The summed E-state index contributed by atoms with van der Waals surface area (Å²) < 4.78 is 12.7. The van der Waals surface area contributed by atoms with Crippen LogP contribution in [0.5, 0.6) is 0 Å². The summed E-state index contributed by atoms with van der Waals surface area (Å²) in [6, 6.07) is 9.60. The maximum absolute atomic E-state index is 13.0. The second kappa shape index (κ2) is 7.43. The first kappa shape index (κ1) is 17.0. The van der Waals surface area contributed by atoms with Gasteiger partial charge in [0.2, 0.25) is 5.76 Å². The van der Waals surface area contributed by atoms with Crippen molar-refractivity contribution >= 4 is 48.5 Å². The predicted octanol–water partition coefficient (Wildman–Crippen LogP) is 3.88. The monoisotopic (exact) mass is 431 g/mol. The lowest BCUT2D eigenvalue weighted by atomic mass is 10.2. The molecule has 1 aliphatic heterocycles. The second-order valence-corrected chi connectivity index (χ2v) is 7.49. The van der Waals surface area contributed by atoms with Gasteiger partial charge in [0.05, 0.1) is 16.8 Å². The number of thiazole rings is 1. The number of pyridine rings is 1. The number of anilines is 1. The van der Waals surface area contributed by atoms with E-state index >= 15 is 0 Å². The molecule has 3 aromatic rings. The van der Waals surface area contributed by atoms with Crippen LogP contribution in [0.4, 0.5) is 5.13 Å². The number of nitrogens with zero attached hydrogens (tertiary/aromatic N) is 3. The molecule has 0 saturated heterocycles. The third kappa shape index (κ3) is 3.56. The number of ether oxygens (including phenoxy) is 2. The molecule has 4 rings (SSSR count). The predicted molar refractivity (Wildman–Crippen MR) is 103 cm³/mol. The summed E-state index contributed by atoms with van der Waals surface area (Å²) in [6.45, 7) is 1.13. The topological polar surface area (TPSA) is 64.6 Å². The fourth-order valence-electron chi connectivity index (χ4n) is 2.52. The molecule has 0 N–H and O–H groups in total. The highest BCUT2D eigenvalue weighted by Crippen LogP contribution is 2.32. The molecule has 132 valence electrons. The molecular weight excluding hydrogens is 418 g/mol. The molecule has 0 spiro atoms. The number of hydrogen-bond acceptors (Lipinski definition) is 6. The van der Waals surface area contributed by atoms with Crippen LogP contribution in [0.3, 0.4) is 0 Å². The molecule has 8 heteroatoms. The van der Waals surface area contributed by atoms with Crippen molar-refractivity contribution in [1.29, 1.82) is 0 Å². The molecular formula is C18H14BrN3O3S. The highest BCUT2D eigenvalue weighted by molar-refractivity contribution is 9.10. The fourth-order valence-corrected chi connectivity index (χ4v) is 4.03. The van der Waals surface area contributed by atoms with Crippen molar-refractivity contribution in [2.24, 2.45) is 0 Å². The largest absolute Gasteiger partial charge is 0.494 e. The van der Waals surface area contributed by atoms with E-state index in [1.807, 2.05) is 30.3 Å². The van der Waals surface area contributed by atoms with E-state index in [0.29, 0.717) is 24.9 Å². The molecule has 0 atom stereocenters. The summed E-state index contributed by atoms with van der Waals surface area (Å²) in [5.74, 6) is -0.104. The molecule has 0 saturated carbocycles. The highest BCUT2D eigenvalue weighted by atomic mass is 79.9. The zero-order valence-corrected chi connectivity index (χ0v) is 16.0. The van der Waals surface area contributed by atoms with Crippen LogP contribution in [0.15, 0.2) is 59.2 Å². The Bertz CT molecular complexity index is 974. The quantitative estimate of drug-likeness (QED) is 0.626. The summed E-state index contributed by atoms with van der Waals surface area (Å²) in [6.07, 6.45) is 4.80. The van der Waals surface area contributed by atoms with Crippen LogP contribution >= 0.6 is 27.3 Å². The molecule has 0 aliphatic carbocycles. The van der Waals surface area contributed by atoms with E-state index in [4.69, 9.17) is 9.47 Å². The molecule has 0 fully saturated rings. The number of benzene rings is 1. The Morgan fingerprint density at radius 1 is 1.31 bits per heavy atom. The maximum Gasteiger partial charge on any atom is 0.298 e. The minimum absolute atomic E-state index is 0.181. The lowest BCUT2D eigenvalue weighted by Gasteiger charge is -2.23. The first-order valence-corrected chi connectivity index (χ1v) is 9.53. The van der Waals surface area contributed by atoms with Crippen LogP contribution in [-0.4, -0.2) is 29.1 Å². The van der Waals surface area contributed by atoms with Crippen LogP contribution in [0.25, 0.3) is 10.2 Å². The van der Waals surface area contributed by atoms with Gasteiger partial charge in [0.1, 0.15) is 19.5 Å².